The molecule has 26 heavy (non-hydrogen) atoms. The van der Waals surface area contributed by atoms with Crippen molar-refractivity contribution < 1.29 is 14.3 Å². The van der Waals surface area contributed by atoms with Gasteiger partial charge in [-0.2, -0.15) is 0 Å². The van der Waals surface area contributed by atoms with Gasteiger partial charge in [0.15, 0.2) is 0 Å². The smallest absolute Gasteiger partial charge is 0.224 e. The summed E-state index contributed by atoms with van der Waals surface area (Å²) < 4.78 is 5.12. The maximum absolute atomic E-state index is 12.1. The van der Waals surface area contributed by atoms with E-state index < -0.39 is 0 Å². The molecule has 0 radical (unpaired) electrons. The molecule has 1 N–H and O–H groups in total. The van der Waals surface area contributed by atoms with Crippen molar-refractivity contribution in [2.24, 2.45) is 0 Å². The molecule has 0 saturated carbocycles. The number of carbonyl (C=O) groups is 2. The van der Waals surface area contributed by atoms with Crippen LogP contribution in [-0.2, 0) is 16.0 Å². The Kier molecular flexibility index (Phi) is 7.04. The molecule has 2 amide bonds. The van der Waals surface area contributed by atoms with Crippen LogP contribution in [0.5, 0.6) is 5.75 Å². The summed E-state index contributed by atoms with van der Waals surface area (Å²) in [4.78, 5) is 25.6. The topological polar surface area (TPSA) is 58.6 Å². The lowest BCUT2D eigenvalue weighted by molar-refractivity contribution is -0.121. The minimum atomic E-state index is -0.126. The molecule has 0 aliphatic heterocycles. The van der Waals surface area contributed by atoms with E-state index in [4.69, 9.17) is 16.3 Å². The fraction of sp³-hybridized carbons (Fsp3) is 0.300. The molecule has 0 atom stereocenters. The number of nitrogens with one attached hydrogen (secondary N) is 1. The zero-order valence-electron chi connectivity index (χ0n) is 15.2. The minimum absolute atomic E-state index is 0.0786. The molecule has 2 aromatic rings. The van der Waals surface area contributed by atoms with Crippen molar-refractivity contribution in [3.8, 4) is 5.75 Å². The summed E-state index contributed by atoms with van der Waals surface area (Å²) in [5.74, 6) is 0.342. The van der Waals surface area contributed by atoms with E-state index in [1.165, 1.54) is 14.0 Å². The quantitative estimate of drug-likeness (QED) is 0.808. The predicted octanol–water partition coefficient (Wildman–Crippen LogP) is 3.37. The highest BCUT2D eigenvalue weighted by Gasteiger charge is 2.14. The standard InChI is InChI=1S/C20H23ClN2O3/c1-14-4-6-16(7-5-14)12-20(25)22-10-11-23(15(2)24)17-8-9-19(26-3)18(21)13-17/h4-9,13H,10-12H2,1-3H3,(H,22,25). The number of nitrogens with zero attached hydrogens (tertiary/aromatic N) is 1. The van der Waals surface area contributed by atoms with Gasteiger partial charge < -0.3 is 15.0 Å². The Morgan fingerprint density at radius 1 is 1.15 bits per heavy atom. The second kappa shape index (κ2) is 9.25. The molecule has 6 heteroatoms. The minimum Gasteiger partial charge on any atom is -0.495 e. The molecular formula is C20H23ClN2O3. The van der Waals surface area contributed by atoms with Crippen LogP contribution in [0, 0.1) is 6.92 Å². The van der Waals surface area contributed by atoms with E-state index in [9.17, 15) is 9.59 Å². The van der Waals surface area contributed by atoms with Crippen LogP contribution in [0.15, 0.2) is 42.5 Å². The number of benzene rings is 2. The number of methoxy groups -OCH3 is 1. The summed E-state index contributed by atoms with van der Waals surface area (Å²) in [6.07, 6.45) is 0.314. The van der Waals surface area contributed by atoms with Gasteiger partial charge in [-0.15, -0.1) is 0 Å². The molecule has 0 saturated heterocycles. The summed E-state index contributed by atoms with van der Waals surface area (Å²) in [6, 6.07) is 13.0. The van der Waals surface area contributed by atoms with Gasteiger partial charge >= 0.3 is 0 Å². The zero-order valence-corrected chi connectivity index (χ0v) is 16.0. The van der Waals surface area contributed by atoms with Crippen LogP contribution in [-0.4, -0.2) is 32.0 Å². The number of amides is 2. The van der Waals surface area contributed by atoms with E-state index in [0.29, 0.717) is 36.0 Å². The van der Waals surface area contributed by atoms with Gasteiger partial charge in [-0.1, -0.05) is 41.4 Å². The highest BCUT2D eigenvalue weighted by Crippen LogP contribution is 2.29. The molecular weight excluding hydrogens is 352 g/mol. The summed E-state index contributed by atoms with van der Waals surface area (Å²) in [6.45, 7) is 4.20. The molecule has 0 bridgehead atoms. The van der Waals surface area contributed by atoms with Gasteiger partial charge in [0.25, 0.3) is 0 Å². The highest BCUT2D eigenvalue weighted by atomic mass is 35.5. The van der Waals surface area contributed by atoms with Crippen molar-refractivity contribution in [2.75, 3.05) is 25.1 Å². The van der Waals surface area contributed by atoms with Crippen molar-refractivity contribution in [3.05, 3.63) is 58.6 Å². The van der Waals surface area contributed by atoms with Crippen molar-refractivity contribution >= 4 is 29.1 Å². The first-order valence-corrected chi connectivity index (χ1v) is 8.72. The van der Waals surface area contributed by atoms with E-state index in [0.717, 1.165) is 11.1 Å². The number of rotatable bonds is 7. The van der Waals surface area contributed by atoms with E-state index in [-0.39, 0.29) is 11.8 Å². The Balaban J connectivity index is 1.92. The van der Waals surface area contributed by atoms with Crippen LogP contribution in [0.25, 0.3) is 0 Å². The van der Waals surface area contributed by atoms with Gasteiger partial charge in [-0.05, 0) is 30.7 Å². The number of carbonyl (C=O) groups excluding carboxylic acids is 2. The highest BCUT2D eigenvalue weighted by molar-refractivity contribution is 6.32. The van der Waals surface area contributed by atoms with E-state index in [2.05, 4.69) is 5.32 Å². The third-order valence-electron chi connectivity index (χ3n) is 3.97. The third-order valence-corrected chi connectivity index (χ3v) is 4.27. The van der Waals surface area contributed by atoms with Crippen LogP contribution in [0.4, 0.5) is 5.69 Å². The van der Waals surface area contributed by atoms with Gasteiger partial charge in [0.2, 0.25) is 11.8 Å². The number of anilines is 1. The molecule has 5 nitrogen and oxygen atoms in total. The average molecular weight is 375 g/mol. The van der Waals surface area contributed by atoms with Gasteiger partial charge in [-0.25, -0.2) is 0 Å². The number of hydrogen-bond acceptors (Lipinski definition) is 3. The van der Waals surface area contributed by atoms with Gasteiger partial charge in [0.05, 0.1) is 18.6 Å². The first-order valence-electron chi connectivity index (χ1n) is 8.34. The van der Waals surface area contributed by atoms with Crippen LogP contribution < -0.4 is 15.0 Å². The van der Waals surface area contributed by atoms with Crippen molar-refractivity contribution in [1.29, 1.82) is 0 Å². The van der Waals surface area contributed by atoms with Crippen LogP contribution in [0.1, 0.15) is 18.1 Å². The lowest BCUT2D eigenvalue weighted by Gasteiger charge is -2.22. The average Bonchev–Trinajstić information content (AvgIpc) is 2.60. The molecule has 0 fully saturated rings. The van der Waals surface area contributed by atoms with Gasteiger partial charge in [0, 0.05) is 25.7 Å². The van der Waals surface area contributed by atoms with Crippen LogP contribution >= 0.6 is 11.6 Å². The molecule has 0 aliphatic carbocycles. The molecule has 2 aromatic carbocycles. The zero-order chi connectivity index (χ0) is 19.1. The first kappa shape index (κ1) is 19.8. The maximum Gasteiger partial charge on any atom is 0.224 e. The van der Waals surface area contributed by atoms with Crippen molar-refractivity contribution in [3.63, 3.8) is 0 Å². The predicted molar refractivity (Wildman–Crippen MR) is 104 cm³/mol. The molecule has 0 aliphatic rings. The Hall–Kier alpha value is -2.53. The van der Waals surface area contributed by atoms with Gasteiger partial charge in [0.1, 0.15) is 5.75 Å². The molecule has 0 spiro atoms. The Labute approximate surface area is 158 Å². The fourth-order valence-corrected chi connectivity index (χ4v) is 2.80. The Bertz CT molecular complexity index is 775. The molecule has 0 aromatic heterocycles. The van der Waals surface area contributed by atoms with Crippen molar-refractivity contribution in [1.82, 2.24) is 5.32 Å². The SMILES string of the molecule is COc1ccc(N(CCNC(=O)Cc2ccc(C)cc2)C(C)=O)cc1Cl. The molecule has 0 heterocycles. The van der Waals surface area contributed by atoms with Crippen LogP contribution in [0.3, 0.4) is 0 Å². The Morgan fingerprint density at radius 3 is 2.42 bits per heavy atom. The monoisotopic (exact) mass is 374 g/mol. The second-order valence-electron chi connectivity index (χ2n) is 6.00. The summed E-state index contributed by atoms with van der Waals surface area (Å²) in [5, 5.41) is 3.28. The van der Waals surface area contributed by atoms with Crippen molar-refractivity contribution in [2.45, 2.75) is 20.3 Å². The fourth-order valence-electron chi connectivity index (χ4n) is 2.55. The lowest BCUT2D eigenvalue weighted by Crippen LogP contribution is -2.38. The number of halogens is 1. The largest absolute Gasteiger partial charge is 0.495 e. The molecule has 0 unspecified atom stereocenters. The van der Waals surface area contributed by atoms with Crippen LogP contribution in [0.2, 0.25) is 5.02 Å². The Morgan fingerprint density at radius 2 is 1.85 bits per heavy atom. The lowest BCUT2D eigenvalue weighted by atomic mass is 10.1. The molecule has 138 valence electrons. The van der Waals surface area contributed by atoms with E-state index in [1.54, 1.807) is 23.1 Å². The number of ether oxygens (including phenoxy) is 1. The second-order valence-corrected chi connectivity index (χ2v) is 6.41. The van der Waals surface area contributed by atoms with E-state index >= 15 is 0 Å². The number of hydrogen-bond donors (Lipinski definition) is 1. The number of aryl methyl sites for hydroxylation is 1. The summed E-state index contributed by atoms with van der Waals surface area (Å²) in [5.41, 5.74) is 2.78. The van der Waals surface area contributed by atoms with E-state index in [1.807, 2.05) is 31.2 Å². The molecule has 2 rings (SSSR count). The first-order chi connectivity index (χ1) is 12.4. The third kappa shape index (κ3) is 5.49. The summed E-state index contributed by atoms with van der Waals surface area (Å²) in [7, 11) is 1.53. The maximum atomic E-state index is 12.1. The normalized spacial score (nSPS) is 10.3. The summed E-state index contributed by atoms with van der Waals surface area (Å²) >= 11 is 6.13. The van der Waals surface area contributed by atoms with Gasteiger partial charge in [-0.3, -0.25) is 9.59 Å².